The zero-order chi connectivity index (χ0) is 12.6. The summed E-state index contributed by atoms with van der Waals surface area (Å²) < 4.78 is 5.18. The smallest absolute Gasteiger partial charge is 0.243 e. The Kier molecular flexibility index (Phi) is 3.09. The third-order valence-corrected chi connectivity index (χ3v) is 3.60. The van der Waals surface area contributed by atoms with E-state index in [4.69, 9.17) is 16.2 Å². The van der Waals surface area contributed by atoms with Gasteiger partial charge in [-0.2, -0.15) is 0 Å². The van der Waals surface area contributed by atoms with E-state index in [1.165, 1.54) is 4.90 Å². The van der Waals surface area contributed by atoms with Gasteiger partial charge < -0.3 is 21.1 Å². The van der Waals surface area contributed by atoms with Crippen molar-refractivity contribution in [3.63, 3.8) is 0 Å². The first-order chi connectivity index (χ1) is 7.94. The lowest BCUT2D eigenvalue weighted by atomic mass is 9.94. The number of primary amides is 1. The van der Waals surface area contributed by atoms with Crippen LogP contribution in [0.1, 0.15) is 19.8 Å². The molecule has 0 spiro atoms. The van der Waals surface area contributed by atoms with Crippen LogP contribution < -0.4 is 11.5 Å². The van der Waals surface area contributed by atoms with Gasteiger partial charge in [0.2, 0.25) is 11.8 Å². The first-order valence-corrected chi connectivity index (χ1v) is 5.91. The van der Waals surface area contributed by atoms with Crippen LogP contribution in [-0.2, 0) is 14.3 Å². The Bertz CT molecular complexity index is 339. The minimum absolute atomic E-state index is 0.168. The highest BCUT2D eigenvalue weighted by molar-refractivity contribution is 5.92. The van der Waals surface area contributed by atoms with Crippen LogP contribution in [0, 0.1) is 5.92 Å². The number of morpholine rings is 1. The van der Waals surface area contributed by atoms with E-state index in [1.54, 1.807) is 6.92 Å². The zero-order valence-electron chi connectivity index (χ0n) is 10.0. The summed E-state index contributed by atoms with van der Waals surface area (Å²) in [5, 5.41) is 0. The van der Waals surface area contributed by atoms with Gasteiger partial charge in [0.15, 0.2) is 0 Å². The lowest BCUT2D eigenvalue weighted by molar-refractivity contribution is -0.151. The van der Waals surface area contributed by atoms with Crippen molar-refractivity contribution >= 4 is 11.8 Å². The molecule has 0 aromatic carbocycles. The summed E-state index contributed by atoms with van der Waals surface area (Å²) in [5.74, 6) is -0.497. The fourth-order valence-electron chi connectivity index (χ4n) is 2.25. The molecule has 6 nitrogen and oxygen atoms in total. The molecule has 1 heterocycles. The van der Waals surface area contributed by atoms with Gasteiger partial charge in [-0.25, -0.2) is 0 Å². The Labute approximate surface area is 100 Å². The standard InChI is InChI=1S/C11H19N3O3/c1-11(13,7-2-3-7)10(16)14-4-5-17-6-8(14)9(12)15/h7-8H,2-6,13H2,1H3,(H2,12,15). The molecule has 2 aliphatic rings. The van der Waals surface area contributed by atoms with Crippen LogP contribution in [0.3, 0.4) is 0 Å². The Balaban J connectivity index is 2.13. The fourth-order valence-corrected chi connectivity index (χ4v) is 2.25. The van der Waals surface area contributed by atoms with Gasteiger partial charge in [0.1, 0.15) is 6.04 Å². The number of hydrogen-bond donors (Lipinski definition) is 2. The number of ether oxygens (including phenoxy) is 1. The third-order valence-electron chi connectivity index (χ3n) is 3.60. The van der Waals surface area contributed by atoms with E-state index in [-0.39, 0.29) is 18.4 Å². The lowest BCUT2D eigenvalue weighted by Crippen LogP contribution is -2.63. The molecule has 1 aliphatic heterocycles. The third kappa shape index (κ3) is 2.28. The van der Waals surface area contributed by atoms with Crippen molar-refractivity contribution in [2.45, 2.75) is 31.3 Å². The van der Waals surface area contributed by atoms with Gasteiger partial charge in [-0.3, -0.25) is 9.59 Å². The maximum Gasteiger partial charge on any atom is 0.243 e. The molecule has 2 rings (SSSR count). The molecule has 0 aromatic heterocycles. The second-order valence-electron chi connectivity index (χ2n) is 5.05. The van der Waals surface area contributed by atoms with Gasteiger partial charge in [-0.15, -0.1) is 0 Å². The average Bonchev–Trinajstić information content (AvgIpc) is 3.12. The summed E-state index contributed by atoms with van der Waals surface area (Å²) in [6, 6.07) is -0.683. The molecule has 0 radical (unpaired) electrons. The maximum atomic E-state index is 12.4. The topological polar surface area (TPSA) is 98.7 Å². The largest absolute Gasteiger partial charge is 0.377 e. The van der Waals surface area contributed by atoms with Crippen LogP contribution in [0.2, 0.25) is 0 Å². The summed E-state index contributed by atoms with van der Waals surface area (Å²) in [6.45, 7) is 2.71. The van der Waals surface area contributed by atoms with Crippen molar-refractivity contribution < 1.29 is 14.3 Å². The quantitative estimate of drug-likeness (QED) is 0.650. The maximum absolute atomic E-state index is 12.4. The van der Waals surface area contributed by atoms with Gasteiger partial charge in [0, 0.05) is 6.54 Å². The van der Waals surface area contributed by atoms with Gasteiger partial charge in [0.05, 0.1) is 18.8 Å². The highest BCUT2D eigenvalue weighted by Crippen LogP contribution is 2.39. The predicted octanol–water partition coefficient (Wildman–Crippen LogP) is -1.17. The fraction of sp³-hybridized carbons (Fsp3) is 0.818. The summed E-state index contributed by atoms with van der Waals surface area (Å²) in [4.78, 5) is 25.1. The summed E-state index contributed by atoms with van der Waals surface area (Å²) in [5.41, 5.74) is 10.5. The second kappa shape index (κ2) is 4.27. The number of rotatable bonds is 3. The minimum Gasteiger partial charge on any atom is -0.377 e. The number of nitrogens with two attached hydrogens (primary N) is 2. The van der Waals surface area contributed by atoms with E-state index in [9.17, 15) is 9.59 Å². The molecule has 0 aromatic rings. The first-order valence-electron chi connectivity index (χ1n) is 5.91. The summed E-state index contributed by atoms with van der Waals surface area (Å²) in [6.07, 6.45) is 1.95. The molecular formula is C11H19N3O3. The van der Waals surface area contributed by atoms with Crippen LogP contribution >= 0.6 is 0 Å². The van der Waals surface area contributed by atoms with Crippen molar-refractivity contribution in [3.05, 3.63) is 0 Å². The number of nitrogens with zero attached hydrogens (tertiary/aromatic N) is 1. The Morgan fingerprint density at radius 2 is 2.06 bits per heavy atom. The van der Waals surface area contributed by atoms with E-state index in [0.717, 1.165) is 12.8 Å². The molecular weight excluding hydrogens is 222 g/mol. The highest BCUT2D eigenvalue weighted by Gasteiger charge is 2.48. The van der Waals surface area contributed by atoms with Gasteiger partial charge in [-0.05, 0) is 25.7 Å². The summed E-state index contributed by atoms with van der Waals surface area (Å²) >= 11 is 0. The van der Waals surface area contributed by atoms with E-state index < -0.39 is 17.5 Å². The number of hydrogen-bond acceptors (Lipinski definition) is 4. The van der Waals surface area contributed by atoms with Crippen LogP contribution in [0.25, 0.3) is 0 Å². The molecule has 2 amide bonds. The molecule has 1 aliphatic carbocycles. The molecule has 0 bridgehead atoms. The van der Waals surface area contributed by atoms with Gasteiger partial charge in [0.25, 0.3) is 0 Å². The number of carbonyl (C=O) groups is 2. The van der Waals surface area contributed by atoms with Crippen LogP contribution in [0.15, 0.2) is 0 Å². The monoisotopic (exact) mass is 241 g/mol. The number of carbonyl (C=O) groups excluding carboxylic acids is 2. The molecule has 96 valence electrons. The molecule has 17 heavy (non-hydrogen) atoms. The van der Waals surface area contributed by atoms with Crippen molar-refractivity contribution in [3.8, 4) is 0 Å². The molecule has 2 atom stereocenters. The minimum atomic E-state index is -0.884. The molecule has 1 saturated carbocycles. The van der Waals surface area contributed by atoms with E-state index in [2.05, 4.69) is 0 Å². The molecule has 2 fully saturated rings. The Hall–Kier alpha value is -1.14. The Morgan fingerprint density at radius 3 is 2.59 bits per heavy atom. The van der Waals surface area contributed by atoms with E-state index >= 15 is 0 Å². The van der Waals surface area contributed by atoms with Crippen LogP contribution in [0.5, 0.6) is 0 Å². The second-order valence-corrected chi connectivity index (χ2v) is 5.05. The normalized spacial score (nSPS) is 28.6. The van der Waals surface area contributed by atoms with Gasteiger partial charge >= 0.3 is 0 Å². The van der Waals surface area contributed by atoms with Crippen molar-refractivity contribution in [2.75, 3.05) is 19.8 Å². The predicted molar refractivity (Wildman–Crippen MR) is 60.8 cm³/mol. The zero-order valence-corrected chi connectivity index (χ0v) is 10.0. The van der Waals surface area contributed by atoms with Crippen molar-refractivity contribution in [1.82, 2.24) is 4.90 Å². The molecule has 2 unspecified atom stereocenters. The molecule has 4 N–H and O–H groups in total. The molecule has 1 saturated heterocycles. The van der Waals surface area contributed by atoms with Crippen LogP contribution in [-0.4, -0.2) is 48.1 Å². The highest BCUT2D eigenvalue weighted by atomic mass is 16.5. The van der Waals surface area contributed by atoms with Crippen molar-refractivity contribution in [2.24, 2.45) is 17.4 Å². The number of amides is 2. The van der Waals surface area contributed by atoms with E-state index in [0.29, 0.717) is 13.2 Å². The van der Waals surface area contributed by atoms with Crippen molar-refractivity contribution in [1.29, 1.82) is 0 Å². The average molecular weight is 241 g/mol. The van der Waals surface area contributed by atoms with Crippen LogP contribution in [0.4, 0.5) is 0 Å². The SMILES string of the molecule is CC(N)(C(=O)N1CCOCC1C(N)=O)C1CC1. The Morgan fingerprint density at radius 1 is 1.41 bits per heavy atom. The lowest BCUT2D eigenvalue weighted by Gasteiger charge is -2.38. The van der Waals surface area contributed by atoms with Gasteiger partial charge in [-0.1, -0.05) is 0 Å². The van der Waals surface area contributed by atoms with E-state index in [1.807, 2.05) is 0 Å². The summed E-state index contributed by atoms with van der Waals surface area (Å²) in [7, 11) is 0. The first kappa shape index (κ1) is 12.3. The molecule has 6 heteroatoms.